The van der Waals surface area contributed by atoms with Crippen molar-refractivity contribution >= 4 is 16.0 Å². The number of sulfonamides is 1. The van der Waals surface area contributed by atoms with Gasteiger partial charge in [-0.15, -0.1) is 0 Å². The number of pyridine rings is 1. The van der Waals surface area contributed by atoms with Crippen molar-refractivity contribution in [2.45, 2.75) is 17.1 Å². The molecule has 2 aromatic heterocycles. The molecule has 10 heteroatoms. The first-order valence-corrected chi connectivity index (χ1v) is 10.7. The number of alkyl halides is 1. The smallest absolute Gasteiger partial charge is 0.255 e. The Labute approximate surface area is 173 Å². The molecular formula is C20H20FN5O3S. The molecule has 0 spiro atoms. The lowest BCUT2D eigenvalue weighted by molar-refractivity contribution is 0.329. The summed E-state index contributed by atoms with van der Waals surface area (Å²) in [6.45, 7) is -0.347. The van der Waals surface area contributed by atoms with E-state index >= 15 is 0 Å². The minimum absolute atomic E-state index is 0.0756. The van der Waals surface area contributed by atoms with Crippen LogP contribution < -0.4 is 10.9 Å². The van der Waals surface area contributed by atoms with E-state index in [0.29, 0.717) is 11.3 Å². The summed E-state index contributed by atoms with van der Waals surface area (Å²) in [5, 5.41) is 2.92. The molecule has 3 heterocycles. The van der Waals surface area contributed by atoms with Crippen molar-refractivity contribution in [3.8, 4) is 11.3 Å². The number of hydrogen-bond donors (Lipinski definition) is 1. The van der Waals surface area contributed by atoms with Crippen LogP contribution in [0.5, 0.6) is 0 Å². The summed E-state index contributed by atoms with van der Waals surface area (Å²) in [7, 11) is -2.29. The molecule has 1 aliphatic heterocycles. The molecule has 0 saturated carbocycles. The van der Waals surface area contributed by atoms with Gasteiger partial charge in [-0.1, -0.05) is 18.2 Å². The number of halogens is 1. The van der Waals surface area contributed by atoms with Gasteiger partial charge in [-0.2, -0.15) is 4.31 Å². The molecule has 2 atom stereocenters. The second kappa shape index (κ2) is 7.96. The normalized spacial score (nSPS) is 19.7. The number of nitrogens with zero attached hydrogens (tertiary/aromatic N) is 4. The fourth-order valence-corrected chi connectivity index (χ4v) is 4.80. The lowest BCUT2D eigenvalue weighted by atomic mass is 10.2. The van der Waals surface area contributed by atoms with Gasteiger partial charge in [0.15, 0.2) is 0 Å². The van der Waals surface area contributed by atoms with Gasteiger partial charge < -0.3 is 5.32 Å². The highest BCUT2D eigenvalue weighted by Crippen LogP contribution is 2.25. The Kier molecular flexibility index (Phi) is 5.35. The molecule has 2 unspecified atom stereocenters. The average molecular weight is 429 g/mol. The van der Waals surface area contributed by atoms with E-state index in [0.717, 1.165) is 4.31 Å². The third-order valence-electron chi connectivity index (χ3n) is 5.02. The fraction of sp³-hybridized carbons (Fsp3) is 0.250. The molecule has 1 aliphatic rings. The third-order valence-corrected chi connectivity index (χ3v) is 6.87. The summed E-state index contributed by atoms with van der Waals surface area (Å²) >= 11 is 0. The van der Waals surface area contributed by atoms with E-state index in [1.807, 2.05) is 0 Å². The van der Waals surface area contributed by atoms with Crippen LogP contribution in [0.15, 0.2) is 70.6 Å². The first kappa shape index (κ1) is 20.2. The zero-order valence-electron chi connectivity index (χ0n) is 16.1. The van der Waals surface area contributed by atoms with Gasteiger partial charge in [0.25, 0.3) is 5.56 Å². The van der Waals surface area contributed by atoms with Crippen molar-refractivity contribution in [1.82, 2.24) is 18.8 Å². The van der Waals surface area contributed by atoms with Crippen LogP contribution in [-0.2, 0) is 17.1 Å². The van der Waals surface area contributed by atoms with Crippen molar-refractivity contribution < 1.29 is 12.8 Å². The topological polar surface area (TPSA) is 97.2 Å². The number of benzene rings is 1. The highest BCUT2D eigenvalue weighted by atomic mass is 32.2. The van der Waals surface area contributed by atoms with Gasteiger partial charge in [-0.3, -0.25) is 14.3 Å². The largest absolute Gasteiger partial charge is 0.349 e. The van der Waals surface area contributed by atoms with E-state index in [-0.39, 0.29) is 29.5 Å². The van der Waals surface area contributed by atoms with Crippen molar-refractivity contribution in [2.75, 3.05) is 18.4 Å². The molecule has 1 fully saturated rings. The van der Waals surface area contributed by atoms with Gasteiger partial charge in [0, 0.05) is 44.2 Å². The van der Waals surface area contributed by atoms with Crippen molar-refractivity contribution in [3.63, 3.8) is 0 Å². The van der Waals surface area contributed by atoms with Crippen LogP contribution in [0, 0.1) is 0 Å². The Morgan fingerprint density at radius 2 is 1.80 bits per heavy atom. The zero-order chi connectivity index (χ0) is 21.3. The van der Waals surface area contributed by atoms with Gasteiger partial charge in [-0.25, -0.2) is 17.8 Å². The number of rotatable bonds is 5. The molecule has 0 bridgehead atoms. The summed E-state index contributed by atoms with van der Waals surface area (Å²) in [5.41, 5.74) is 0.800. The minimum atomic E-state index is -3.81. The molecule has 4 rings (SSSR count). The van der Waals surface area contributed by atoms with E-state index in [1.54, 1.807) is 42.7 Å². The average Bonchev–Trinajstić information content (AvgIpc) is 3.13. The van der Waals surface area contributed by atoms with Crippen LogP contribution in [0.25, 0.3) is 11.3 Å². The van der Waals surface area contributed by atoms with Crippen LogP contribution in [0.3, 0.4) is 0 Å². The van der Waals surface area contributed by atoms with E-state index in [4.69, 9.17) is 0 Å². The Morgan fingerprint density at radius 3 is 2.50 bits per heavy atom. The van der Waals surface area contributed by atoms with Gasteiger partial charge >= 0.3 is 0 Å². The molecular weight excluding hydrogens is 409 g/mol. The van der Waals surface area contributed by atoms with E-state index in [9.17, 15) is 17.6 Å². The van der Waals surface area contributed by atoms with E-state index < -0.39 is 22.2 Å². The molecule has 1 N–H and O–H groups in total. The summed E-state index contributed by atoms with van der Waals surface area (Å²) in [4.78, 5) is 20.9. The Morgan fingerprint density at radius 1 is 1.10 bits per heavy atom. The van der Waals surface area contributed by atoms with Crippen molar-refractivity contribution in [3.05, 3.63) is 71.3 Å². The number of aromatic nitrogens is 3. The molecule has 1 aromatic carbocycles. The monoisotopic (exact) mass is 429 g/mol. The van der Waals surface area contributed by atoms with Gasteiger partial charge in [0.05, 0.1) is 16.6 Å². The Hall–Kier alpha value is -3.11. The predicted molar refractivity (Wildman–Crippen MR) is 110 cm³/mol. The lowest BCUT2D eigenvalue weighted by Crippen LogP contribution is -2.34. The molecule has 0 radical (unpaired) electrons. The molecule has 0 amide bonds. The molecule has 1 saturated heterocycles. The number of anilines is 1. The first-order valence-electron chi connectivity index (χ1n) is 9.30. The molecule has 0 aliphatic carbocycles. The van der Waals surface area contributed by atoms with Crippen LogP contribution in [0.1, 0.15) is 0 Å². The first-order chi connectivity index (χ1) is 14.4. The number of hydrogen-bond acceptors (Lipinski definition) is 6. The lowest BCUT2D eigenvalue weighted by Gasteiger charge is -2.19. The highest BCUT2D eigenvalue weighted by molar-refractivity contribution is 7.89. The molecule has 156 valence electrons. The van der Waals surface area contributed by atoms with Gasteiger partial charge in [-0.05, 0) is 24.3 Å². The van der Waals surface area contributed by atoms with Crippen LogP contribution in [-0.4, -0.2) is 52.6 Å². The van der Waals surface area contributed by atoms with Crippen LogP contribution in [0.2, 0.25) is 0 Å². The third kappa shape index (κ3) is 3.83. The highest BCUT2D eigenvalue weighted by Gasteiger charge is 2.40. The standard InChI is InChI=1S/C20H20FN5O3S/c1-25-19(27)11-17(14-7-9-22-10-8-14)23-20(25)24-18-13-26(12-16(18)21)30(28,29)15-5-3-2-4-6-15/h2-11,16,18H,12-13H2,1H3,(H,23,24). The fourth-order valence-electron chi connectivity index (χ4n) is 3.31. The second-order valence-corrected chi connectivity index (χ2v) is 8.94. The Balaban J connectivity index is 1.59. The predicted octanol–water partition coefficient (Wildman–Crippen LogP) is 1.67. The maximum Gasteiger partial charge on any atom is 0.255 e. The quantitative estimate of drug-likeness (QED) is 0.663. The van der Waals surface area contributed by atoms with E-state index in [2.05, 4.69) is 15.3 Å². The molecule has 30 heavy (non-hydrogen) atoms. The van der Waals surface area contributed by atoms with E-state index in [1.165, 1.54) is 29.8 Å². The molecule has 3 aromatic rings. The summed E-state index contributed by atoms with van der Waals surface area (Å²) in [5.74, 6) is 0.168. The Bertz CT molecular complexity index is 1200. The van der Waals surface area contributed by atoms with Gasteiger partial charge in [0.1, 0.15) is 6.17 Å². The van der Waals surface area contributed by atoms with Crippen LogP contribution >= 0.6 is 0 Å². The van der Waals surface area contributed by atoms with Crippen LogP contribution in [0.4, 0.5) is 10.3 Å². The number of nitrogens with one attached hydrogen (secondary N) is 1. The maximum absolute atomic E-state index is 14.7. The zero-order valence-corrected chi connectivity index (χ0v) is 17.0. The van der Waals surface area contributed by atoms with Gasteiger partial charge in [0.2, 0.25) is 16.0 Å². The SMILES string of the molecule is Cn1c(NC2CN(S(=O)(=O)c3ccccc3)CC2F)nc(-c2ccncc2)cc1=O. The summed E-state index contributed by atoms with van der Waals surface area (Å²) in [6, 6.07) is 11.9. The minimum Gasteiger partial charge on any atom is -0.349 e. The van der Waals surface area contributed by atoms with Crippen molar-refractivity contribution in [1.29, 1.82) is 0 Å². The van der Waals surface area contributed by atoms with Crippen molar-refractivity contribution in [2.24, 2.45) is 7.05 Å². The second-order valence-electron chi connectivity index (χ2n) is 7.00. The summed E-state index contributed by atoms with van der Waals surface area (Å²) in [6.07, 6.45) is 1.72. The maximum atomic E-state index is 14.7. The summed E-state index contributed by atoms with van der Waals surface area (Å²) < 4.78 is 42.7. The molecule has 8 nitrogen and oxygen atoms in total.